The summed E-state index contributed by atoms with van der Waals surface area (Å²) in [6.07, 6.45) is 2.51. The Bertz CT molecular complexity index is 303. The molecule has 1 aromatic carbocycles. The van der Waals surface area contributed by atoms with Gasteiger partial charge in [0, 0.05) is 11.0 Å². The van der Waals surface area contributed by atoms with Gasteiger partial charge in [-0.15, -0.1) is 0 Å². The van der Waals surface area contributed by atoms with Gasteiger partial charge in [-0.2, -0.15) is 0 Å². The molecule has 0 bridgehead atoms. The molecule has 0 aromatic heterocycles. The van der Waals surface area contributed by atoms with Crippen molar-refractivity contribution in [1.29, 1.82) is 0 Å². The third kappa shape index (κ3) is 4.44. The highest BCUT2D eigenvalue weighted by molar-refractivity contribution is 9.10. The first-order valence-electron chi connectivity index (χ1n) is 6.69. The third-order valence-electron chi connectivity index (χ3n) is 3.53. The number of halogens is 1. The van der Waals surface area contributed by atoms with Crippen molar-refractivity contribution in [1.82, 2.24) is 5.32 Å². The van der Waals surface area contributed by atoms with Crippen molar-refractivity contribution < 1.29 is 0 Å². The van der Waals surface area contributed by atoms with E-state index in [1.807, 2.05) is 0 Å². The Morgan fingerprint density at radius 2 is 1.65 bits per heavy atom. The van der Waals surface area contributed by atoms with E-state index in [1.54, 1.807) is 0 Å². The Morgan fingerprint density at radius 1 is 1.06 bits per heavy atom. The van der Waals surface area contributed by atoms with Crippen LogP contribution in [-0.4, -0.2) is 13.1 Å². The molecule has 0 saturated heterocycles. The summed E-state index contributed by atoms with van der Waals surface area (Å²) in [6.45, 7) is 8.90. The standard InChI is InChI=1S/C15H24BrN/c1-4-12(5-2)15(11-17-6-3)13-7-9-14(16)10-8-13/h7-10,12,15,17H,4-6,11H2,1-3H3. The lowest BCUT2D eigenvalue weighted by atomic mass is 9.82. The predicted molar refractivity (Wildman–Crippen MR) is 79.5 cm³/mol. The number of likely N-dealkylation sites (N-methyl/N-ethyl adjacent to an activating group) is 1. The summed E-state index contributed by atoms with van der Waals surface area (Å²) < 4.78 is 1.16. The Labute approximate surface area is 114 Å². The molecule has 0 amide bonds. The van der Waals surface area contributed by atoms with Crippen molar-refractivity contribution in [3.63, 3.8) is 0 Å². The molecular formula is C15H24BrN. The van der Waals surface area contributed by atoms with Crippen LogP contribution in [0.25, 0.3) is 0 Å². The molecule has 1 unspecified atom stereocenters. The maximum absolute atomic E-state index is 3.50. The summed E-state index contributed by atoms with van der Waals surface area (Å²) in [5.74, 6) is 1.41. The van der Waals surface area contributed by atoms with Gasteiger partial charge in [0.1, 0.15) is 0 Å². The van der Waals surface area contributed by atoms with Gasteiger partial charge in [-0.05, 0) is 36.1 Å². The average molecular weight is 298 g/mol. The smallest absolute Gasteiger partial charge is 0.0175 e. The van der Waals surface area contributed by atoms with Crippen molar-refractivity contribution in [2.45, 2.75) is 39.5 Å². The Balaban J connectivity index is 2.84. The van der Waals surface area contributed by atoms with Crippen LogP contribution in [0.5, 0.6) is 0 Å². The van der Waals surface area contributed by atoms with Gasteiger partial charge < -0.3 is 5.32 Å². The molecule has 2 heteroatoms. The van der Waals surface area contributed by atoms with Crippen LogP contribution in [0.3, 0.4) is 0 Å². The van der Waals surface area contributed by atoms with Crippen LogP contribution < -0.4 is 5.32 Å². The van der Waals surface area contributed by atoms with E-state index in [0.29, 0.717) is 5.92 Å². The third-order valence-corrected chi connectivity index (χ3v) is 4.06. The fourth-order valence-corrected chi connectivity index (χ4v) is 2.69. The molecular weight excluding hydrogens is 274 g/mol. The number of rotatable bonds is 7. The molecule has 0 saturated carbocycles. The molecule has 1 N–H and O–H groups in total. The van der Waals surface area contributed by atoms with Gasteiger partial charge in [0.05, 0.1) is 0 Å². The fraction of sp³-hybridized carbons (Fsp3) is 0.600. The Kier molecular flexibility index (Phi) is 6.83. The zero-order valence-corrected chi connectivity index (χ0v) is 12.8. The van der Waals surface area contributed by atoms with E-state index in [4.69, 9.17) is 0 Å². The predicted octanol–water partition coefficient (Wildman–Crippen LogP) is 4.58. The van der Waals surface area contributed by atoms with Gasteiger partial charge in [0.25, 0.3) is 0 Å². The molecule has 0 radical (unpaired) electrons. The van der Waals surface area contributed by atoms with Crippen LogP contribution in [0, 0.1) is 5.92 Å². The first kappa shape index (κ1) is 14.7. The highest BCUT2D eigenvalue weighted by Gasteiger charge is 2.19. The number of hydrogen-bond acceptors (Lipinski definition) is 1. The average Bonchev–Trinajstić information content (AvgIpc) is 2.36. The molecule has 17 heavy (non-hydrogen) atoms. The maximum atomic E-state index is 3.50. The molecule has 0 fully saturated rings. The maximum Gasteiger partial charge on any atom is 0.0175 e. The number of benzene rings is 1. The molecule has 1 aromatic rings. The van der Waals surface area contributed by atoms with Crippen LogP contribution in [0.2, 0.25) is 0 Å². The van der Waals surface area contributed by atoms with Crippen molar-refractivity contribution in [2.24, 2.45) is 5.92 Å². The van der Waals surface area contributed by atoms with Crippen molar-refractivity contribution in [3.05, 3.63) is 34.3 Å². The lowest BCUT2D eigenvalue weighted by Crippen LogP contribution is -2.26. The van der Waals surface area contributed by atoms with E-state index < -0.39 is 0 Å². The second-order valence-electron chi connectivity index (χ2n) is 4.54. The van der Waals surface area contributed by atoms with Crippen molar-refractivity contribution in [3.8, 4) is 0 Å². The lowest BCUT2D eigenvalue weighted by Gasteiger charge is -2.26. The minimum Gasteiger partial charge on any atom is -0.316 e. The number of hydrogen-bond donors (Lipinski definition) is 1. The first-order valence-corrected chi connectivity index (χ1v) is 7.48. The molecule has 1 nitrogen and oxygen atoms in total. The summed E-state index contributed by atoms with van der Waals surface area (Å²) in [4.78, 5) is 0. The second kappa shape index (κ2) is 7.88. The molecule has 96 valence electrons. The molecule has 0 aliphatic rings. The van der Waals surface area contributed by atoms with Gasteiger partial charge in [-0.25, -0.2) is 0 Å². The normalized spacial score (nSPS) is 13.0. The SMILES string of the molecule is CCNCC(c1ccc(Br)cc1)C(CC)CC. The summed E-state index contributed by atoms with van der Waals surface area (Å²) >= 11 is 3.50. The van der Waals surface area contributed by atoms with E-state index in [2.05, 4.69) is 66.3 Å². The van der Waals surface area contributed by atoms with Crippen LogP contribution in [0.15, 0.2) is 28.7 Å². The molecule has 0 aliphatic heterocycles. The zero-order valence-electron chi connectivity index (χ0n) is 11.2. The minimum absolute atomic E-state index is 0.637. The first-order chi connectivity index (χ1) is 8.22. The highest BCUT2D eigenvalue weighted by Crippen LogP contribution is 2.29. The van der Waals surface area contributed by atoms with E-state index >= 15 is 0 Å². The van der Waals surface area contributed by atoms with E-state index in [-0.39, 0.29) is 0 Å². The van der Waals surface area contributed by atoms with E-state index in [9.17, 15) is 0 Å². The topological polar surface area (TPSA) is 12.0 Å². The molecule has 0 heterocycles. The second-order valence-corrected chi connectivity index (χ2v) is 5.46. The summed E-state index contributed by atoms with van der Waals surface area (Å²) in [5.41, 5.74) is 1.46. The van der Waals surface area contributed by atoms with Crippen molar-refractivity contribution >= 4 is 15.9 Å². The van der Waals surface area contributed by atoms with Gasteiger partial charge >= 0.3 is 0 Å². The van der Waals surface area contributed by atoms with E-state index in [0.717, 1.165) is 23.5 Å². The Hall–Kier alpha value is -0.340. The van der Waals surface area contributed by atoms with Crippen LogP contribution in [0.4, 0.5) is 0 Å². The highest BCUT2D eigenvalue weighted by atomic mass is 79.9. The fourth-order valence-electron chi connectivity index (χ4n) is 2.42. The van der Waals surface area contributed by atoms with Gasteiger partial charge in [-0.3, -0.25) is 0 Å². The monoisotopic (exact) mass is 297 g/mol. The van der Waals surface area contributed by atoms with E-state index in [1.165, 1.54) is 18.4 Å². The van der Waals surface area contributed by atoms with Crippen LogP contribution in [-0.2, 0) is 0 Å². The van der Waals surface area contributed by atoms with Crippen LogP contribution >= 0.6 is 15.9 Å². The molecule has 0 spiro atoms. The lowest BCUT2D eigenvalue weighted by molar-refractivity contribution is 0.382. The Morgan fingerprint density at radius 3 is 2.12 bits per heavy atom. The van der Waals surface area contributed by atoms with Gasteiger partial charge in [-0.1, -0.05) is 61.7 Å². The molecule has 0 aliphatic carbocycles. The summed E-state index contributed by atoms with van der Waals surface area (Å²) in [5, 5.41) is 3.50. The largest absolute Gasteiger partial charge is 0.316 e. The van der Waals surface area contributed by atoms with Crippen LogP contribution in [0.1, 0.15) is 45.1 Å². The zero-order chi connectivity index (χ0) is 12.7. The quantitative estimate of drug-likeness (QED) is 0.777. The van der Waals surface area contributed by atoms with Gasteiger partial charge in [0.15, 0.2) is 0 Å². The molecule has 1 rings (SSSR count). The van der Waals surface area contributed by atoms with Crippen molar-refractivity contribution in [2.75, 3.05) is 13.1 Å². The summed E-state index contributed by atoms with van der Waals surface area (Å²) in [6, 6.07) is 8.81. The van der Waals surface area contributed by atoms with Gasteiger partial charge in [0.2, 0.25) is 0 Å². The number of nitrogens with one attached hydrogen (secondary N) is 1. The molecule has 1 atom stereocenters. The summed E-state index contributed by atoms with van der Waals surface area (Å²) in [7, 11) is 0. The minimum atomic E-state index is 0.637.